The Hall–Kier alpha value is -2.73. The summed E-state index contributed by atoms with van der Waals surface area (Å²) in [5.74, 6) is 0.836. The van der Waals surface area contributed by atoms with Gasteiger partial charge in [-0.1, -0.05) is 12.1 Å². The molecule has 0 radical (unpaired) electrons. The molecule has 6 nitrogen and oxygen atoms in total. The summed E-state index contributed by atoms with van der Waals surface area (Å²) in [7, 11) is 0. The molecular formula is C21H24N6. The number of piperazine rings is 1. The minimum absolute atomic E-state index is 0.662. The zero-order valence-corrected chi connectivity index (χ0v) is 15.6. The van der Waals surface area contributed by atoms with E-state index in [1.807, 2.05) is 29.3 Å². The van der Waals surface area contributed by atoms with Gasteiger partial charge in [-0.25, -0.2) is 14.6 Å². The topological polar surface area (TPSA) is 50.1 Å². The molecular weight excluding hydrogens is 336 g/mol. The van der Waals surface area contributed by atoms with Gasteiger partial charge in [-0.05, 0) is 50.1 Å². The summed E-state index contributed by atoms with van der Waals surface area (Å²) < 4.78 is 1.90. The van der Waals surface area contributed by atoms with E-state index >= 15 is 0 Å². The predicted molar refractivity (Wildman–Crippen MR) is 106 cm³/mol. The van der Waals surface area contributed by atoms with E-state index in [9.17, 15) is 0 Å². The lowest BCUT2D eigenvalue weighted by Crippen LogP contribution is -2.50. The molecule has 3 aromatic rings. The molecule has 0 bridgehead atoms. The molecule has 0 saturated carbocycles. The highest BCUT2D eigenvalue weighted by molar-refractivity contribution is 5.59. The minimum atomic E-state index is 0.662. The van der Waals surface area contributed by atoms with Crippen LogP contribution >= 0.6 is 0 Å². The molecule has 2 aromatic heterocycles. The van der Waals surface area contributed by atoms with Crippen LogP contribution in [0.2, 0.25) is 0 Å². The van der Waals surface area contributed by atoms with E-state index in [2.05, 4.69) is 51.1 Å². The third kappa shape index (κ3) is 3.21. The van der Waals surface area contributed by atoms with Gasteiger partial charge in [0.25, 0.3) is 0 Å². The van der Waals surface area contributed by atoms with Crippen molar-refractivity contribution in [3.05, 3.63) is 54.5 Å². The number of rotatable bonds is 3. The van der Waals surface area contributed by atoms with Crippen LogP contribution in [-0.4, -0.2) is 56.9 Å². The molecule has 4 heterocycles. The molecule has 1 atom stereocenters. The second-order valence-corrected chi connectivity index (χ2v) is 7.53. The van der Waals surface area contributed by atoms with Gasteiger partial charge in [-0.3, -0.25) is 4.90 Å². The molecule has 138 valence electrons. The first kappa shape index (κ1) is 16.4. The Bertz CT molecular complexity index is 949. The Morgan fingerprint density at radius 1 is 1.11 bits per heavy atom. The van der Waals surface area contributed by atoms with Crippen molar-refractivity contribution in [1.82, 2.24) is 24.6 Å². The van der Waals surface area contributed by atoms with Gasteiger partial charge in [0.2, 0.25) is 5.95 Å². The van der Waals surface area contributed by atoms with Gasteiger partial charge in [-0.15, -0.1) is 0 Å². The molecule has 0 aliphatic carbocycles. The molecule has 2 fully saturated rings. The fourth-order valence-electron chi connectivity index (χ4n) is 4.20. The predicted octanol–water partition coefficient (Wildman–Crippen LogP) is 2.92. The first-order valence-corrected chi connectivity index (χ1v) is 9.70. The Balaban J connectivity index is 1.39. The highest BCUT2D eigenvalue weighted by atomic mass is 15.3. The Labute approximate surface area is 159 Å². The summed E-state index contributed by atoms with van der Waals surface area (Å²) in [4.78, 5) is 14.3. The summed E-state index contributed by atoms with van der Waals surface area (Å²) in [5.41, 5.74) is 4.22. The maximum absolute atomic E-state index is 4.85. The number of anilines is 1. The van der Waals surface area contributed by atoms with Crippen molar-refractivity contribution < 1.29 is 0 Å². The van der Waals surface area contributed by atoms with E-state index in [1.54, 1.807) is 0 Å². The number of hydrogen-bond acceptors (Lipinski definition) is 5. The SMILES string of the molecule is Cc1cccc(-n2cc(-c3ccnc(N4CCN5CCCC5C4)n3)cn2)c1. The molecule has 1 aromatic carbocycles. The van der Waals surface area contributed by atoms with E-state index in [0.717, 1.165) is 42.5 Å². The molecule has 2 aliphatic rings. The van der Waals surface area contributed by atoms with E-state index in [4.69, 9.17) is 4.98 Å². The minimum Gasteiger partial charge on any atom is -0.338 e. The highest BCUT2D eigenvalue weighted by Gasteiger charge is 2.31. The van der Waals surface area contributed by atoms with Crippen molar-refractivity contribution in [2.75, 3.05) is 31.1 Å². The number of aromatic nitrogens is 4. The van der Waals surface area contributed by atoms with Crippen molar-refractivity contribution in [1.29, 1.82) is 0 Å². The summed E-state index contributed by atoms with van der Waals surface area (Å²) in [6.07, 6.45) is 8.39. The summed E-state index contributed by atoms with van der Waals surface area (Å²) >= 11 is 0. The lowest BCUT2D eigenvalue weighted by atomic mass is 10.1. The number of fused-ring (bicyclic) bond motifs is 1. The molecule has 0 N–H and O–H groups in total. The van der Waals surface area contributed by atoms with Crippen LogP contribution in [0.15, 0.2) is 48.9 Å². The molecule has 1 unspecified atom stereocenters. The van der Waals surface area contributed by atoms with Crippen molar-refractivity contribution >= 4 is 5.95 Å². The normalized spacial score (nSPS) is 20.0. The molecule has 6 heteroatoms. The van der Waals surface area contributed by atoms with Crippen molar-refractivity contribution in [2.45, 2.75) is 25.8 Å². The van der Waals surface area contributed by atoms with E-state index in [-0.39, 0.29) is 0 Å². The van der Waals surface area contributed by atoms with Crippen LogP contribution in [0.3, 0.4) is 0 Å². The highest BCUT2D eigenvalue weighted by Crippen LogP contribution is 2.25. The maximum atomic E-state index is 4.85. The first-order chi connectivity index (χ1) is 13.3. The second kappa shape index (κ2) is 6.78. The van der Waals surface area contributed by atoms with Gasteiger partial charge in [-0.2, -0.15) is 5.10 Å². The standard InChI is InChI=1S/C21H24N6/c1-16-4-2-5-18(12-16)27-14-17(13-23-27)20-7-8-22-21(24-20)26-11-10-25-9-3-6-19(25)15-26/h2,4-5,7-8,12-14,19H,3,6,9-11,15H2,1H3. The quantitative estimate of drug-likeness (QED) is 0.719. The fraction of sp³-hybridized carbons (Fsp3) is 0.381. The lowest BCUT2D eigenvalue weighted by Gasteiger charge is -2.37. The molecule has 2 aliphatic heterocycles. The summed E-state index contributed by atoms with van der Waals surface area (Å²) in [6.45, 7) is 6.49. The molecule has 5 rings (SSSR count). The summed E-state index contributed by atoms with van der Waals surface area (Å²) in [5, 5.41) is 4.53. The van der Waals surface area contributed by atoms with Gasteiger partial charge in [0.05, 0.1) is 17.6 Å². The van der Waals surface area contributed by atoms with Crippen LogP contribution in [0.1, 0.15) is 18.4 Å². The van der Waals surface area contributed by atoms with Crippen LogP contribution in [0.25, 0.3) is 16.9 Å². The van der Waals surface area contributed by atoms with Gasteiger partial charge >= 0.3 is 0 Å². The third-order valence-electron chi connectivity index (χ3n) is 5.66. The zero-order chi connectivity index (χ0) is 18.2. The molecule has 27 heavy (non-hydrogen) atoms. The van der Waals surface area contributed by atoms with Crippen molar-refractivity contribution in [3.63, 3.8) is 0 Å². The average Bonchev–Trinajstić information content (AvgIpc) is 3.37. The fourth-order valence-corrected chi connectivity index (χ4v) is 4.20. The van der Waals surface area contributed by atoms with Gasteiger partial charge in [0.15, 0.2) is 0 Å². The smallest absolute Gasteiger partial charge is 0.225 e. The van der Waals surface area contributed by atoms with E-state index < -0.39 is 0 Å². The summed E-state index contributed by atoms with van der Waals surface area (Å²) in [6, 6.07) is 11.0. The Morgan fingerprint density at radius 3 is 3.00 bits per heavy atom. The Kier molecular flexibility index (Phi) is 4.13. The number of hydrogen-bond donors (Lipinski definition) is 0. The second-order valence-electron chi connectivity index (χ2n) is 7.53. The van der Waals surface area contributed by atoms with Crippen molar-refractivity contribution in [3.8, 4) is 16.9 Å². The number of aryl methyl sites for hydroxylation is 1. The van der Waals surface area contributed by atoms with Gasteiger partial charge in [0, 0.05) is 43.6 Å². The zero-order valence-electron chi connectivity index (χ0n) is 15.6. The van der Waals surface area contributed by atoms with Crippen molar-refractivity contribution in [2.24, 2.45) is 0 Å². The number of nitrogens with zero attached hydrogens (tertiary/aromatic N) is 6. The third-order valence-corrected chi connectivity index (χ3v) is 5.66. The van der Waals surface area contributed by atoms with Gasteiger partial charge in [0.1, 0.15) is 0 Å². The average molecular weight is 360 g/mol. The maximum Gasteiger partial charge on any atom is 0.225 e. The first-order valence-electron chi connectivity index (χ1n) is 9.70. The molecule has 0 amide bonds. The van der Waals surface area contributed by atoms with Crippen LogP contribution in [0.5, 0.6) is 0 Å². The largest absolute Gasteiger partial charge is 0.338 e. The van der Waals surface area contributed by atoms with Crippen LogP contribution in [0.4, 0.5) is 5.95 Å². The molecule has 0 spiro atoms. The van der Waals surface area contributed by atoms with Gasteiger partial charge < -0.3 is 4.90 Å². The van der Waals surface area contributed by atoms with E-state index in [0.29, 0.717) is 6.04 Å². The molecule has 2 saturated heterocycles. The lowest BCUT2D eigenvalue weighted by molar-refractivity contribution is 0.229. The van der Waals surface area contributed by atoms with Crippen LogP contribution in [0, 0.1) is 6.92 Å². The van der Waals surface area contributed by atoms with Crippen LogP contribution < -0.4 is 4.90 Å². The Morgan fingerprint density at radius 2 is 2.07 bits per heavy atom. The monoisotopic (exact) mass is 360 g/mol. The number of benzene rings is 1. The van der Waals surface area contributed by atoms with E-state index in [1.165, 1.54) is 24.9 Å². The van der Waals surface area contributed by atoms with Crippen LogP contribution in [-0.2, 0) is 0 Å².